The van der Waals surface area contributed by atoms with Crippen molar-refractivity contribution in [3.05, 3.63) is 120 Å². The van der Waals surface area contributed by atoms with Gasteiger partial charge < -0.3 is 5.11 Å². The van der Waals surface area contributed by atoms with Crippen molar-refractivity contribution in [2.75, 3.05) is 0 Å². The molecule has 0 heterocycles. The van der Waals surface area contributed by atoms with Crippen LogP contribution < -0.4 is 0 Å². The largest absolute Gasteiger partial charge is 0.383 e. The van der Waals surface area contributed by atoms with Crippen molar-refractivity contribution in [3.8, 4) is 11.1 Å². The van der Waals surface area contributed by atoms with Crippen molar-refractivity contribution in [2.24, 2.45) is 5.41 Å². The highest BCUT2D eigenvalue weighted by molar-refractivity contribution is 5.95. The van der Waals surface area contributed by atoms with E-state index in [9.17, 15) is 5.11 Å². The summed E-state index contributed by atoms with van der Waals surface area (Å²) < 4.78 is 0. The lowest BCUT2D eigenvalue weighted by molar-refractivity contribution is -0.0649. The third-order valence-corrected chi connectivity index (χ3v) is 8.34. The molecule has 0 bridgehead atoms. The van der Waals surface area contributed by atoms with E-state index in [-0.39, 0.29) is 10.8 Å². The third-order valence-electron chi connectivity index (χ3n) is 8.34. The lowest BCUT2D eigenvalue weighted by Gasteiger charge is -2.52. The van der Waals surface area contributed by atoms with Crippen molar-refractivity contribution in [3.63, 3.8) is 0 Å². The van der Waals surface area contributed by atoms with Crippen LogP contribution in [0.3, 0.4) is 0 Å². The fourth-order valence-corrected chi connectivity index (χ4v) is 6.82. The minimum atomic E-state index is -1.11. The lowest BCUT2D eigenvalue weighted by Crippen LogP contribution is -2.55. The molecule has 0 aliphatic heterocycles. The second kappa shape index (κ2) is 8.18. The van der Waals surface area contributed by atoms with E-state index in [1.54, 1.807) is 0 Å². The second-order valence-corrected chi connectivity index (χ2v) is 12.5. The molecule has 1 heteroatoms. The standard InChI is InChI=1S/C35H38O/c1-8-23-34(36)29-13-9-11-26-12-10-14-30(31(26)29)35(34,33(5,6)7)28-21-17-25(18-22-28)24-15-19-27(20-16-24)32(2,3)4/h8-22,36H,1,23H2,2-7H3. The molecule has 1 aliphatic carbocycles. The maximum absolute atomic E-state index is 12.7. The van der Waals surface area contributed by atoms with Crippen molar-refractivity contribution in [1.82, 2.24) is 0 Å². The van der Waals surface area contributed by atoms with Gasteiger partial charge in [0.1, 0.15) is 5.60 Å². The van der Waals surface area contributed by atoms with Gasteiger partial charge in [-0.1, -0.05) is 133 Å². The number of hydrogen-bond donors (Lipinski definition) is 1. The first-order valence-corrected chi connectivity index (χ1v) is 13.0. The van der Waals surface area contributed by atoms with Gasteiger partial charge in [-0.15, -0.1) is 6.58 Å². The predicted octanol–water partition coefficient (Wildman–Crippen LogP) is 8.91. The zero-order chi connectivity index (χ0) is 25.9. The lowest BCUT2D eigenvalue weighted by atomic mass is 9.52. The van der Waals surface area contributed by atoms with Gasteiger partial charge in [0.05, 0.1) is 5.41 Å². The van der Waals surface area contributed by atoms with Gasteiger partial charge in [0.2, 0.25) is 0 Å². The molecule has 2 unspecified atom stereocenters. The summed E-state index contributed by atoms with van der Waals surface area (Å²) in [5.74, 6) is 0. The zero-order valence-electron chi connectivity index (χ0n) is 22.5. The van der Waals surface area contributed by atoms with Crippen LogP contribution in [0.4, 0.5) is 0 Å². The monoisotopic (exact) mass is 474 g/mol. The first-order valence-electron chi connectivity index (χ1n) is 13.0. The molecule has 36 heavy (non-hydrogen) atoms. The van der Waals surface area contributed by atoms with Crippen LogP contribution in [0.2, 0.25) is 0 Å². The van der Waals surface area contributed by atoms with E-state index in [0.717, 1.165) is 11.1 Å². The van der Waals surface area contributed by atoms with Gasteiger partial charge in [-0.25, -0.2) is 0 Å². The Labute approximate surface area is 216 Å². The Morgan fingerprint density at radius 2 is 1.25 bits per heavy atom. The normalized spacial score (nSPS) is 21.6. The van der Waals surface area contributed by atoms with Crippen LogP contribution in [0.5, 0.6) is 0 Å². The molecule has 1 nitrogen and oxygen atoms in total. The predicted molar refractivity (Wildman–Crippen MR) is 153 cm³/mol. The van der Waals surface area contributed by atoms with E-state index < -0.39 is 11.0 Å². The van der Waals surface area contributed by atoms with E-state index in [1.807, 2.05) is 6.08 Å². The molecule has 0 amide bonds. The summed E-state index contributed by atoms with van der Waals surface area (Å²) in [4.78, 5) is 0. The summed E-state index contributed by atoms with van der Waals surface area (Å²) in [6.45, 7) is 17.6. The van der Waals surface area contributed by atoms with Crippen LogP contribution in [-0.2, 0) is 16.4 Å². The average Bonchev–Trinajstić information content (AvgIpc) is 3.06. The Morgan fingerprint density at radius 3 is 1.75 bits per heavy atom. The van der Waals surface area contributed by atoms with E-state index in [1.165, 1.54) is 33.0 Å². The number of benzene rings is 4. The van der Waals surface area contributed by atoms with E-state index in [2.05, 4.69) is 133 Å². The smallest absolute Gasteiger partial charge is 0.108 e. The summed E-state index contributed by atoms with van der Waals surface area (Å²) >= 11 is 0. The highest BCUT2D eigenvalue weighted by atomic mass is 16.3. The average molecular weight is 475 g/mol. The SMILES string of the molecule is C=CCC1(O)c2cccc3cccc(c23)C1(c1ccc(-c2ccc(C(C)(C)C)cc2)cc1)C(C)(C)C. The molecule has 2 atom stereocenters. The first kappa shape index (κ1) is 24.5. The van der Waals surface area contributed by atoms with Crippen LogP contribution in [0, 0.1) is 5.41 Å². The Morgan fingerprint density at radius 1 is 0.722 bits per heavy atom. The first-order chi connectivity index (χ1) is 16.9. The Bertz CT molecular complexity index is 1420. The highest BCUT2D eigenvalue weighted by Gasteiger charge is 2.63. The zero-order valence-corrected chi connectivity index (χ0v) is 22.5. The molecule has 1 aliphatic rings. The minimum absolute atomic E-state index is 0.135. The fraction of sp³-hybridized carbons (Fsp3) is 0.314. The molecule has 1 N–H and O–H groups in total. The van der Waals surface area contributed by atoms with Gasteiger partial charge in [-0.05, 0) is 61.4 Å². The topological polar surface area (TPSA) is 20.2 Å². The van der Waals surface area contributed by atoms with Crippen molar-refractivity contribution < 1.29 is 5.11 Å². The number of hydrogen-bond acceptors (Lipinski definition) is 1. The molecular formula is C35H38O. The highest BCUT2D eigenvalue weighted by Crippen LogP contribution is 2.65. The molecular weight excluding hydrogens is 436 g/mol. The van der Waals surface area contributed by atoms with Crippen LogP contribution in [0.15, 0.2) is 97.6 Å². The Hall–Kier alpha value is -3.16. The van der Waals surface area contributed by atoms with Crippen LogP contribution in [-0.4, -0.2) is 5.11 Å². The van der Waals surface area contributed by atoms with E-state index >= 15 is 0 Å². The third kappa shape index (κ3) is 3.33. The molecule has 4 aromatic carbocycles. The van der Waals surface area contributed by atoms with Gasteiger partial charge >= 0.3 is 0 Å². The molecule has 0 radical (unpaired) electrons. The molecule has 0 aromatic heterocycles. The Balaban J connectivity index is 1.72. The second-order valence-electron chi connectivity index (χ2n) is 12.5. The van der Waals surface area contributed by atoms with Gasteiger partial charge in [0, 0.05) is 0 Å². The molecule has 5 rings (SSSR count). The molecule has 0 saturated carbocycles. The summed E-state index contributed by atoms with van der Waals surface area (Å²) in [6.07, 6.45) is 2.35. The van der Waals surface area contributed by atoms with Crippen LogP contribution in [0.1, 0.15) is 70.2 Å². The maximum atomic E-state index is 12.7. The van der Waals surface area contributed by atoms with Crippen molar-refractivity contribution in [2.45, 2.75) is 64.4 Å². The fourth-order valence-electron chi connectivity index (χ4n) is 6.82. The molecule has 0 spiro atoms. The minimum Gasteiger partial charge on any atom is -0.383 e. The summed E-state index contributed by atoms with van der Waals surface area (Å²) in [5.41, 5.74) is 5.20. The van der Waals surface area contributed by atoms with E-state index in [0.29, 0.717) is 6.42 Å². The van der Waals surface area contributed by atoms with Gasteiger partial charge in [0.25, 0.3) is 0 Å². The number of rotatable bonds is 4. The summed E-state index contributed by atoms with van der Waals surface area (Å²) in [7, 11) is 0. The Kier molecular flexibility index (Phi) is 5.57. The van der Waals surface area contributed by atoms with Crippen LogP contribution in [0.25, 0.3) is 21.9 Å². The molecule has 0 fully saturated rings. The molecule has 184 valence electrons. The van der Waals surface area contributed by atoms with Gasteiger partial charge in [0.15, 0.2) is 0 Å². The van der Waals surface area contributed by atoms with E-state index in [4.69, 9.17) is 0 Å². The van der Waals surface area contributed by atoms with Gasteiger partial charge in [-0.2, -0.15) is 0 Å². The molecule has 0 saturated heterocycles. The van der Waals surface area contributed by atoms with Crippen LogP contribution >= 0.6 is 0 Å². The maximum Gasteiger partial charge on any atom is 0.108 e. The summed E-state index contributed by atoms with van der Waals surface area (Å²) in [5, 5.41) is 15.1. The molecule has 4 aromatic rings. The summed E-state index contributed by atoms with van der Waals surface area (Å²) in [6, 6.07) is 30.6. The van der Waals surface area contributed by atoms with Crippen molar-refractivity contribution in [1.29, 1.82) is 0 Å². The number of aliphatic hydroxyl groups is 1. The van der Waals surface area contributed by atoms with Crippen molar-refractivity contribution >= 4 is 10.8 Å². The van der Waals surface area contributed by atoms with Gasteiger partial charge in [-0.3, -0.25) is 0 Å². The quantitative estimate of drug-likeness (QED) is 0.293.